The van der Waals surface area contributed by atoms with Gasteiger partial charge >= 0.3 is 0 Å². The van der Waals surface area contributed by atoms with Gasteiger partial charge in [-0.1, -0.05) is 25.1 Å². The van der Waals surface area contributed by atoms with Crippen LogP contribution in [0, 0.1) is 19.8 Å². The van der Waals surface area contributed by atoms with Crippen LogP contribution in [0.3, 0.4) is 0 Å². The molecule has 27 heavy (non-hydrogen) atoms. The Bertz CT molecular complexity index is 834. The van der Waals surface area contributed by atoms with Crippen LogP contribution in [0.15, 0.2) is 42.5 Å². The molecule has 0 saturated heterocycles. The maximum absolute atomic E-state index is 12.9. The molecule has 1 aliphatic heterocycles. The lowest BCUT2D eigenvalue weighted by molar-refractivity contribution is -0.121. The zero-order valence-corrected chi connectivity index (χ0v) is 16.1. The van der Waals surface area contributed by atoms with E-state index in [4.69, 9.17) is 4.74 Å². The van der Waals surface area contributed by atoms with Crippen molar-refractivity contribution < 1.29 is 14.3 Å². The summed E-state index contributed by atoms with van der Waals surface area (Å²) in [4.78, 5) is 27.7. The Labute approximate surface area is 160 Å². The van der Waals surface area contributed by atoms with Gasteiger partial charge in [-0.05, 0) is 55.7 Å². The maximum Gasteiger partial charge on any atom is 0.231 e. The zero-order valence-electron chi connectivity index (χ0n) is 16.1. The van der Waals surface area contributed by atoms with Crippen molar-refractivity contribution in [1.29, 1.82) is 0 Å². The zero-order chi connectivity index (χ0) is 19.4. The van der Waals surface area contributed by atoms with Gasteiger partial charge in [0, 0.05) is 13.1 Å². The summed E-state index contributed by atoms with van der Waals surface area (Å²) in [6.45, 7) is 7.48. The Hall–Kier alpha value is -2.82. The molecule has 0 radical (unpaired) electrons. The van der Waals surface area contributed by atoms with Crippen molar-refractivity contribution in [2.24, 2.45) is 5.92 Å². The van der Waals surface area contributed by atoms with E-state index in [2.05, 4.69) is 19.9 Å². The molecule has 1 atom stereocenters. The average Bonchev–Trinajstić information content (AvgIpc) is 2.77. The highest BCUT2D eigenvalue weighted by atomic mass is 16.5. The van der Waals surface area contributed by atoms with E-state index in [0.717, 1.165) is 23.5 Å². The second kappa shape index (κ2) is 8.25. The first-order valence-corrected chi connectivity index (χ1v) is 9.33. The van der Waals surface area contributed by atoms with Crippen LogP contribution in [0.1, 0.15) is 24.5 Å². The number of anilines is 2. The highest BCUT2D eigenvalue weighted by molar-refractivity contribution is 6.02. The highest BCUT2D eigenvalue weighted by Gasteiger charge is 2.30. The van der Waals surface area contributed by atoms with E-state index in [-0.39, 0.29) is 11.8 Å². The molecular weight excluding hydrogens is 340 g/mol. The predicted molar refractivity (Wildman–Crippen MR) is 107 cm³/mol. The summed E-state index contributed by atoms with van der Waals surface area (Å²) in [6, 6.07) is 13.6. The van der Waals surface area contributed by atoms with Crippen molar-refractivity contribution in [2.45, 2.75) is 27.2 Å². The normalized spacial score (nSPS) is 16.7. The lowest BCUT2D eigenvalue weighted by atomic mass is 10.1. The predicted octanol–water partition coefficient (Wildman–Crippen LogP) is 3.72. The van der Waals surface area contributed by atoms with Gasteiger partial charge in [0.1, 0.15) is 5.75 Å². The van der Waals surface area contributed by atoms with E-state index in [0.29, 0.717) is 26.1 Å². The van der Waals surface area contributed by atoms with Gasteiger partial charge in [0.05, 0.1) is 23.9 Å². The van der Waals surface area contributed by atoms with Gasteiger partial charge in [0.25, 0.3) is 0 Å². The third-order valence-electron chi connectivity index (χ3n) is 5.04. The van der Waals surface area contributed by atoms with Crippen LogP contribution in [0.5, 0.6) is 5.75 Å². The van der Waals surface area contributed by atoms with Crippen LogP contribution in [-0.4, -0.2) is 32.0 Å². The minimum atomic E-state index is -0.247. The molecular formula is C22H26N2O3. The van der Waals surface area contributed by atoms with E-state index in [1.54, 1.807) is 9.80 Å². The van der Waals surface area contributed by atoms with Crippen LogP contribution in [0.25, 0.3) is 0 Å². The van der Waals surface area contributed by atoms with Crippen molar-refractivity contribution in [2.75, 3.05) is 29.5 Å². The molecule has 1 aliphatic rings. The number of hydrogen-bond donors (Lipinski definition) is 0. The number of carbonyl (C=O) groups is 2. The summed E-state index contributed by atoms with van der Waals surface area (Å²) < 4.78 is 5.85. The number of ether oxygens (including phenoxy) is 1. The van der Waals surface area contributed by atoms with Crippen molar-refractivity contribution in [3.8, 4) is 5.75 Å². The Balaban J connectivity index is 1.69. The Morgan fingerprint density at radius 2 is 1.85 bits per heavy atom. The van der Waals surface area contributed by atoms with E-state index >= 15 is 0 Å². The number of fused-ring (bicyclic) bond motifs is 1. The number of hydrogen-bond acceptors (Lipinski definition) is 3. The molecule has 5 heteroatoms. The Kier molecular flexibility index (Phi) is 5.79. The molecule has 3 rings (SSSR count). The molecule has 0 aromatic heterocycles. The van der Waals surface area contributed by atoms with E-state index in [1.807, 2.05) is 43.3 Å². The Morgan fingerprint density at radius 1 is 1.11 bits per heavy atom. The van der Waals surface area contributed by atoms with Crippen LogP contribution >= 0.6 is 0 Å². The van der Waals surface area contributed by atoms with Crippen molar-refractivity contribution in [1.82, 2.24) is 0 Å². The number of aryl methyl sites for hydroxylation is 2. The van der Waals surface area contributed by atoms with Crippen LogP contribution < -0.4 is 14.5 Å². The minimum Gasteiger partial charge on any atom is -0.494 e. The number of amides is 2. The number of benzene rings is 2. The quantitative estimate of drug-likeness (QED) is 0.578. The summed E-state index contributed by atoms with van der Waals surface area (Å²) in [5.41, 5.74) is 4.00. The molecule has 0 bridgehead atoms. The molecule has 5 nitrogen and oxygen atoms in total. The van der Waals surface area contributed by atoms with E-state index in [1.165, 1.54) is 11.1 Å². The van der Waals surface area contributed by atoms with Gasteiger partial charge in [0.2, 0.25) is 12.3 Å². The first kappa shape index (κ1) is 19.0. The summed E-state index contributed by atoms with van der Waals surface area (Å²) in [6.07, 6.45) is 1.51. The number of nitrogens with zero attached hydrogens (tertiary/aromatic N) is 2. The largest absolute Gasteiger partial charge is 0.494 e. The molecule has 0 N–H and O–H groups in total. The summed E-state index contributed by atoms with van der Waals surface area (Å²) in [7, 11) is 0. The van der Waals surface area contributed by atoms with Crippen LogP contribution in [-0.2, 0) is 9.59 Å². The second-order valence-corrected chi connectivity index (χ2v) is 7.09. The maximum atomic E-state index is 12.9. The number of para-hydroxylation sites is 2. The molecule has 142 valence electrons. The van der Waals surface area contributed by atoms with Crippen LogP contribution in [0.2, 0.25) is 0 Å². The molecule has 0 saturated carbocycles. The van der Waals surface area contributed by atoms with E-state index in [9.17, 15) is 9.59 Å². The number of rotatable bonds is 6. The van der Waals surface area contributed by atoms with Crippen molar-refractivity contribution >= 4 is 23.7 Å². The van der Waals surface area contributed by atoms with Gasteiger partial charge in [-0.3, -0.25) is 9.59 Å². The summed E-state index contributed by atoms with van der Waals surface area (Å²) in [5, 5.41) is 0. The third kappa shape index (κ3) is 4.13. The van der Waals surface area contributed by atoms with Crippen molar-refractivity contribution in [3.05, 3.63) is 53.6 Å². The SMILES string of the molecule is Cc1ccc(OCCCN2C(=O)C(C)CN(C=O)c3ccccc32)cc1C. The van der Waals surface area contributed by atoms with Gasteiger partial charge < -0.3 is 14.5 Å². The smallest absolute Gasteiger partial charge is 0.231 e. The van der Waals surface area contributed by atoms with Crippen LogP contribution in [0.4, 0.5) is 11.4 Å². The first-order chi connectivity index (χ1) is 13.0. The summed E-state index contributed by atoms with van der Waals surface area (Å²) in [5.74, 6) is 0.641. The first-order valence-electron chi connectivity index (χ1n) is 9.33. The fourth-order valence-electron chi connectivity index (χ4n) is 3.34. The third-order valence-corrected chi connectivity index (χ3v) is 5.04. The second-order valence-electron chi connectivity index (χ2n) is 7.09. The fraction of sp³-hybridized carbons (Fsp3) is 0.364. The monoisotopic (exact) mass is 366 g/mol. The lowest BCUT2D eigenvalue weighted by Gasteiger charge is -2.24. The molecule has 0 fully saturated rings. The van der Waals surface area contributed by atoms with Gasteiger partial charge in [-0.15, -0.1) is 0 Å². The molecule has 2 aromatic rings. The summed E-state index contributed by atoms with van der Waals surface area (Å²) >= 11 is 0. The van der Waals surface area contributed by atoms with Gasteiger partial charge in [-0.25, -0.2) is 0 Å². The molecule has 0 aliphatic carbocycles. The van der Waals surface area contributed by atoms with E-state index < -0.39 is 0 Å². The molecule has 2 aromatic carbocycles. The highest BCUT2D eigenvalue weighted by Crippen LogP contribution is 2.33. The standard InChI is InChI=1S/C22H26N2O3/c1-16-9-10-19(13-17(16)2)27-12-6-11-24-21-8-5-4-7-20(21)23(15-25)14-18(3)22(24)26/h4-5,7-10,13,15,18H,6,11-12,14H2,1-3H3. The van der Waals surface area contributed by atoms with Gasteiger partial charge in [-0.2, -0.15) is 0 Å². The average molecular weight is 366 g/mol. The van der Waals surface area contributed by atoms with Crippen molar-refractivity contribution in [3.63, 3.8) is 0 Å². The molecule has 2 amide bonds. The van der Waals surface area contributed by atoms with Gasteiger partial charge in [0.15, 0.2) is 0 Å². The molecule has 1 unspecified atom stereocenters. The lowest BCUT2D eigenvalue weighted by Crippen LogP contribution is -2.37. The molecule has 1 heterocycles. The minimum absolute atomic E-state index is 0.0398. The molecule has 0 spiro atoms. The topological polar surface area (TPSA) is 49.9 Å². The number of carbonyl (C=O) groups excluding carboxylic acids is 2. The fourth-order valence-corrected chi connectivity index (χ4v) is 3.34. The Morgan fingerprint density at radius 3 is 2.56 bits per heavy atom.